The maximum Gasteiger partial charge on any atom is 0.191 e. The van der Waals surface area contributed by atoms with E-state index in [0.717, 1.165) is 17.0 Å². The number of hydrogen-bond donors (Lipinski definition) is 2. The first-order valence-corrected chi connectivity index (χ1v) is 7.98. The van der Waals surface area contributed by atoms with Gasteiger partial charge in [-0.1, -0.05) is 30.3 Å². The Bertz CT molecular complexity index is 769. The fourth-order valence-corrected chi connectivity index (χ4v) is 2.29. The zero-order valence-corrected chi connectivity index (χ0v) is 14.9. The largest absolute Gasteiger partial charge is 0.496 e. The molecule has 2 rings (SSSR count). The third-order valence-electron chi connectivity index (χ3n) is 3.59. The van der Waals surface area contributed by atoms with Crippen LogP contribution in [0.5, 0.6) is 5.75 Å². The van der Waals surface area contributed by atoms with Crippen molar-refractivity contribution >= 4 is 35.3 Å². The maximum atomic E-state index is 5.29. The number of methoxy groups -OCH3 is 1. The average molecular weight is 339 g/mol. The highest BCUT2D eigenvalue weighted by atomic mass is 32.1. The van der Waals surface area contributed by atoms with Gasteiger partial charge in [0, 0.05) is 17.5 Å². The fraction of sp³-hybridized carbons (Fsp3) is 0.158. The van der Waals surface area contributed by atoms with Crippen LogP contribution in [0.25, 0.3) is 6.08 Å². The lowest BCUT2D eigenvalue weighted by Gasteiger charge is -2.11. The second-order valence-electron chi connectivity index (χ2n) is 5.19. The Balaban J connectivity index is 1.88. The summed E-state index contributed by atoms with van der Waals surface area (Å²) in [7, 11) is 1.65. The van der Waals surface area contributed by atoms with Crippen LogP contribution in [0.3, 0.4) is 0 Å². The third-order valence-corrected chi connectivity index (χ3v) is 3.79. The minimum Gasteiger partial charge on any atom is -0.496 e. The lowest BCUT2D eigenvalue weighted by Crippen LogP contribution is -2.24. The highest BCUT2D eigenvalue weighted by molar-refractivity contribution is 7.80. The van der Waals surface area contributed by atoms with Crippen molar-refractivity contribution in [2.24, 2.45) is 5.10 Å². The number of hydrogen-bond acceptors (Lipinski definition) is 3. The average Bonchev–Trinajstić information content (AvgIpc) is 2.59. The molecule has 0 aliphatic rings. The SMILES string of the molecule is COc1ccccc1/C=C/C=N/NC(=S)Nc1cccc(C)c1C. The molecule has 24 heavy (non-hydrogen) atoms. The number of rotatable bonds is 5. The van der Waals surface area contributed by atoms with Crippen molar-refractivity contribution in [2.45, 2.75) is 13.8 Å². The number of allylic oxidation sites excluding steroid dienone is 1. The predicted molar refractivity (Wildman–Crippen MR) is 106 cm³/mol. The van der Waals surface area contributed by atoms with Gasteiger partial charge in [-0.25, -0.2) is 0 Å². The number of anilines is 1. The van der Waals surface area contributed by atoms with Gasteiger partial charge >= 0.3 is 0 Å². The molecule has 0 amide bonds. The minimum absolute atomic E-state index is 0.450. The van der Waals surface area contributed by atoms with Crippen LogP contribution in [0, 0.1) is 13.8 Å². The zero-order chi connectivity index (χ0) is 17.4. The van der Waals surface area contributed by atoms with Gasteiger partial charge in [0.1, 0.15) is 5.75 Å². The summed E-state index contributed by atoms with van der Waals surface area (Å²) in [4.78, 5) is 0. The van der Waals surface area contributed by atoms with Crippen LogP contribution < -0.4 is 15.5 Å². The van der Waals surface area contributed by atoms with Crippen LogP contribution in [0.2, 0.25) is 0 Å². The summed E-state index contributed by atoms with van der Waals surface area (Å²) in [5, 5.41) is 7.67. The van der Waals surface area contributed by atoms with Crippen LogP contribution in [-0.2, 0) is 0 Å². The van der Waals surface area contributed by atoms with Gasteiger partial charge in [0.2, 0.25) is 0 Å². The molecule has 0 aromatic heterocycles. The van der Waals surface area contributed by atoms with E-state index in [1.807, 2.05) is 48.6 Å². The summed E-state index contributed by atoms with van der Waals surface area (Å²) in [5.41, 5.74) is 7.15. The van der Waals surface area contributed by atoms with Crippen molar-refractivity contribution in [2.75, 3.05) is 12.4 Å². The van der Waals surface area contributed by atoms with Gasteiger partial charge in [-0.3, -0.25) is 5.43 Å². The third kappa shape index (κ3) is 4.93. The van der Waals surface area contributed by atoms with E-state index in [-0.39, 0.29) is 0 Å². The van der Waals surface area contributed by atoms with E-state index >= 15 is 0 Å². The van der Waals surface area contributed by atoms with Gasteiger partial charge in [-0.2, -0.15) is 5.10 Å². The lowest BCUT2D eigenvalue weighted by molar-refractivity contribution is 0.414. The topological polar surface area (TPSA) is 45.6 Å². The summed E-state index contributed by atoms with van der Waals surface area (Å²) in [5.74, 6) is 0.821. The van der Waals surface area contributed by atoms with Crippen molar-refractivity contribution < 1.29 is 4.74 Å². The number of aryl methyl sites for hydroxylation is 1. The molecule has 2 N–H and O–H groups in total. The van der Waals surface area contributed by atoms with E-state index in [0.29, 0.717) is 5.11 Å². The molecule has 0 radical (unpaired) electrons. The van der Waals surface area contributed by atoms with Gasteiger partial charge in [-0.15, -0.1) is 0 Å². The molecule has 2 aromatic rings. The summed E-state index contributed by atoms with van der Waals surface area (Å²) >= 11 is 5.24. The van der Waals surface area contributed by atoms with Crippen molar-refractivity contribution in [1.29, 1.82) is 0 Å². The molecule has 5 heteroatoms. The van der Waals surface area contributed by atoms with Crippen molar-refractivity contribution in [3.05, 3.63) is 65.2 Å². The Morgan fingerprint density at radius 2 is 1.92 bits per heavy atom. The van der Waals surface area contributed by atoms with Crippen molar-refractivity contribution in [3.8, 4) is 5.75 Å². The first kappa shape index (κ1) is 17.7. The number of nitrogens with one attached hydrogen (secondary N) is 2. The van der Waals surface area contributed by atoms with Gasteiger partial charge in [-0.05, 0) is 61.5 Å². The zero-order valence-electron chi connectivity index (χ0n) is 14.0. The van der Waals surface area contributed by atoms with Crippen LogP contribution in [0.15, 0.2) is 53.6 Å². The van der Waals surface area contributed by atoms with Crippen molar-refractivity contribution in [1.82, 2.24) is 5.43 Å². The number of benzene rings is 2. The molecular formula is C19H21N3OS. The molecule has 0 fully saturated rings. The number of para-hydroxylation sites is 1. The number of ether oxygens (including phenoxy) is 1. The molecule has 4 nitrogen and oxygen atoms in total. The Kier molecular flexibility index (Phi) is 6.51. The molecule has 0 unspecified atom stereocenters. The smallest absolute Gasteiger partial charge is 0.191 e. The molecule has 124 valence electrons. The monoisotopic (exact) mass is 339 g/mol. The van der Waals surface area contributed by atoms with E-state index in [1.165, 1.54) is 11.1 Å². The minimum atomic E-state index is 0.450. The Morgan fingerprint density at radius 3 is 2.71 bits per heavy atom. The van der Waals surface area contributed by atoms with Crippen molar-refractivity contribution in [3.63, 3.8) is 0 Å². The molecule has 0 aliphatic heterocycles. The van der Waals surface area contributed by atoms with Gasteiger partial charge in [0.15, 0.2) is 5.11 Å². The predicted octanol–water partition coefficient (Wildman–Crippen LogP) is 4.30. The molecule has 0 aliphatic carbocycles. The van der Waals surface area contributed by atoms with Crippen LogP contribution in [0.1, 0.15) is 16.7 Å². The summed E-state index contributed by atoms with van der Waals surface area (Å²) in [6, 6.07) is 13.8. The number of hydrazone groups is 1. The van der Waals surface area contributed by atoms with E-state index < -0.39 is 0 Å². The van der Waals surface area contributed by atoms with E-state index in [1.54, 1.807) is 13.3 Å². The standard InChI is InChI=1S/C19H21N3OS/c1-14-8-6-11-17(15(14)2)21-19(24)22-20-13-7-10-16-9-4-5-12-18(16)23-3/h4-13H,1-3H3,(H2,21,22,24)/b10-7+,20-13+. The highest BCUT2D eigenvalue weighted by Gasteiger charge is 2.01. The molecule has 0 bridgehead atoms. The van der Waals surface area contributed by atoms with Crippen LogP contribution in [-0.4, -0.2) is 18.4 Å². The summed E-state index contributed by atoms with van der Waals surface area (Å²) in [6.45, 7) is 4.12. The highest BCUT2D eigenvalue weighted by Crippen LogP contribution is 2.18. The van der Waals surface area contributed by atoms with E-state index in [2.05, 4.69) is 35.8 Å². The number of thiocarbonyl (C=S) groups is 1. The molecule has 0 atom stereocenters. The summed E-state index contributed by atoms with van der Waals surface area (Å²) in [6.07, 6.45) is 5.39. The van der Waals surface area contributed by atoms with Gasteiger partial charge in [0.05, 0.1) is 7.11 Å². The first-order chi connectivity index (χ1) is 11.6. The Morgan fingerprint density at radius 1 is 1.12 bits per heavy atom. The molecule has 0 heterocycles. The fourth-order valence-electron chi connectivity index (χ4n) is 2.13. The van der Waals surface area contributed by atoms with E-state index in [4.69, 9.17) is 17.0 Å². The first-order valence-electron chi connectivity index (χ1n) is 7.58. The molecule has 2 aromatic carbocycles. The molecular weight excluding hydrogens is 318 g/mol. The van der Waals surface area contributed by atoms with E-state index in [9.17, 15) is 0 Å². The normalized spacial score (nSPS) is 11.0. The second kappa shape index (κ2) is 8.84. The number of nitrogens with zero attached hydrogens (tertiary/aromatic N) is 1. The molecule has 0 saturated carbocycles. The molecule has 0 spiro atoms. The molecule has 0 saturated heterocycles. The summed E-state index contributed by atoms with van der Waals surface area (Å²) < 4.78 is 5.29. The lowest BCUT2D eigenvalue weighted by atomic mass is 10.1. The second-order valence-corrected chi connectivity index (χ2v) is 5.60. The van der Waals surface area contributed by atoms with Gasteiger partial charge < -0.3 is 10.1 Å². The van der Waals surface area contributed by atoms with Crippen LogP contribution >= 0.6 is 12.2 Å². The Hall–Kier alpha value is -2.66. The quantitative estimate of drug-likeness (QED) is 0.484. The van der Waals surface area contributed by atoms with Crippen LogP contribution in [0.4, 0.5) is 5.69 Å². The Labute approximate surface area is 148 Å². The van der Waals surface area contributed by atoms with Gasteiger partial charge in [0.25, 0.3) is 0 Å². The maximum absolute atomic E-state index is 5.29.